The SMILES string of the molecule is C=CCCC(Cc1cc(C(=O)OC)cc(C(C)(C)C)c1)(C(=O)OC)C(=O)OC. The highest BCUT2D eigenvalue weighted by molar-refractivity contribution is 6.00. The molecular weight excluding hydrogens is 360 g/mol. The van der Waals surface area contributed by atoms with Gasteiger partial charge >= 0.3 is 17.9 Å². The summed E-state index contributed by atoms with van der Waals surface area (Å²) in [6.45, 7) is 9.71. The van der Waals surface area contributed by atoms with Crippen molar-refractivity contribution in [2.75, 3.05) is 21.3 Å². The summed E-state index contributed by atoms with van der Waals surface area (Å²) in [6, 6.07) is 5.29. The summed E-state index contributed by atoms with van der Waals surface area (Å²) < 4.78 is 14.7. The molecule has 0 N–H and O–H groups in total. The van der Waals surface area contributed by atoms with Crippen LogP contribution in [0.25, 0.3) is 0 Å². The quantitative estimate of drug-likeness (QED) is 0.292. The molecule has 6 heteroatoms. The Labute approximate surface area is 166 Å². The van der Waals surface area contributed by atoms with Gasteiger partial charge in [0.1, 0.15) is 0 Å². The second-order valence-corrected chi connectivity index (χ2v) is 7.73. The van der Waals surface area contributed by atoms with Crippen LogP contribution in [0.4, 0.5) is 0 Å². The highest BCUT2D eigenvalue weighted by atomic mass is 16.5. The number of hydrogen-bond acceptors (Lipinski definition) is 6. The number of rotatable bonds is 8. The van der Waals surface area contributed by atoms with Crippen LogP contribution in [-0.4, -0.2) is 39.2 Å². The first-order valence-electron chi connectivity index (χ1n) is 9.06. The lowest BCUT2D eigenvalue weighted by atomic mass is 9.76. The summed E-state index contributed by atoms with van der Waals surface area (Å²) >= 11 is 0. The van der Waals surface area contributed by atoms with Gasteiger partial charge < -0.3 is 14.2 Å². The van der Waals surface area contributed by atoms with E-state index in [0.717, 1.165) is 5.56 Å². The summed E-state index contributed by atoms with van der Waals surface area (Å²) in [5, 5.41) is 0. The Kier molecular flexibility index (Phi) is 7.97. The Balaban J connectivity index is 3.59. The zero-order valence-corrected chi connectivity index (χ0v) is 17.6. The molecule has 0 radical (unpaired) electrons. The number of methoxy groups -OCH3 is 3. The van der Waals surface area contributed by atoms with Gasteiger partial charge in [0.25, 0.3) is 0 Å². The van der Waals surface area contributed by atoms with Crippen molar-refractivity contribution in [3.8, 4) is 0 Å². The molecule has 1 aromatic carbocycles. The first-order valence-corrected chi connectivity index (χ1v) is 9.06. The lowest BCUT2D eigenvalue weighted by molar-refractivity contribution is -0.169. The maximum Gasteiger partial charge on any atom is 0.337 e. The van der Waals surface area contributed by atoms with Gasteiger partial charge in [0.15, 0.2) is 5.41 Å². The molecule has 6 nitrogen and oxygen atoms in total. The number of hydrogen-bond donors (Lipinski definition) is 0. The van der Waals surface area contributed by atoms with Crippen LogP contribution in [0.3, 0.4) is 0 Å². The average Bonchev–Trinajstić information content (AvgIpc) is 2.68. The van der Waals surface area contributed by atoms with Crippen LogP contribution in [0.15, 0.2) is 30.9 Å². The average molecular weight is 390 g/mol. The molecule has 0 aliphatic heterocycles. The normalized spacial score (nSPS) is 11.5. The lowest BCUT2D eigenvalue weighted by Crippen LogP contribution is -2.43. The molecule has 0 atom stereocenters. The van der Waals surface area contributed by atoms with E-state index in [2.05, 4.69) is 6.58 Å². The van der Waals surface area contributed by atoms with Crippen molar-refractivity contribution in [1.29, 1.82) is 0 Å². The monoisotopic (exact) mass is 390 g/mol. The molecule has 0 aromatic heterocycles. The third-order valence-corrected chi connectivity index (χ3v) is 4.71. The van der Waals surface area contributed by atoms with Gasteiger partial charge in [-0.15, -0.1) is 6.58 Å². The summed E-state index contributed by atoms with van der Waals surface area (Å²) in [6.07, 6.45) is 2.27. The highest BCUT2D eigenvalue weighted by Gasteiger charge is 2.48. The number of carbonyl (C=O) groups is 3. The molecule has 1 rings (SSSR count). The van der Waals surface area contributed by atoms with Crippen LogP contribution in [0.2, 0.25) is 0 Å². The second kappa shape index (κ2) is 9.53. The standard InChI is InChI=1S/C22H30O6/c1-8-9-10-22(19(24)27-6,20(25)28-7)14-15-11-16(18(23)26-5)13-17(12-15)21(2,3)4/h8,11-13H,1,9-10,14H2,2-7H3. The van der Waals surface area contributed by atoms with Crippen molar-refractivity contribution in [1.82, 2.24) is 0 Å². The van der Waals surface area contributed by atoms with Gasteiger partial charge in [-0.1, -0.05) is 32.9 Å². The molecule has 0 saturated carbocycles. The van der Waals surface area contributed by atoms with Crippen LogP contribution in [-0.2, 0) is 35.6 Å². The minimum absolute atomic E-state index is 0.0358. The second-order valence-electron chi connectivity index (χ2n) is 7.73. The summed E-state index contributed by atoms with van der Waals surface area (Å²) in [5.41, 5.74) is 0.114. The number of esters is 3. The van der Waals surface area contributed by atoms with E-state index in [0.29, 0.717) is 17.5 Å². The van der Waals surface area contributed by atoms with E-state index in [1.165, 1.54) is 21.3 Å². The van der Waals surface area contributed by atoms with Crippen molar-refractivity contribution in [2.24, 2.45) is 5.41 Å². The van der Waals surface area contributed by atoms with E-state index in [1.54, 1.807) is 18.2 Å². The molecule has 28 heavy (non-hydrogen) atoms. The predicted molar refractivity (Wildman–Crippen MR) is 106 cm³/mol. The van der Waals surface area contributed by atoms with Gasteiger partial charge in [-0.25, -0.2) is 4.79 Å². The number of benzene rings is 1. The molecule has 0 aliphatic carbocycles. The van der Waals surface area contributed by atoms with E-state index < -0.39 is 23.3 Å². The highest BCUT2D eigenvalue weighted by Crippen LogP contribution is 2.34. The summed E-state index contributed by atoms with van der Waals surface area (Å²) in [5.74, 6) is -1.84. The molecule has 0 amide bonds. The van der Waals surface area contributed by atoms with Gasteiger partial charge in [0.05, 0.1) is 26.9 Å². The molecular formula is C22H30O6. The largest absolute Gasteiger partial charge is 0.468 e. The maximum absolute atomic E-state index is 12.7. The Morgan fingerprint density at radius 3 is 1.96 bits per heavy atom. The Morgan fingerprint density at radius 1 is 0.964 bits per heavy atom. The van der Waals surface area contributed by atoms with E-state index in [9.17, 15) is 14.4 Å². The van der Waals surface area contributed by atoms with Gasteiger partial charge in [-0.05, 0) is 47.9 Å². The van der Waals surface area contributed by atoms with Crippen molar-refractivity contribution >= 4 is 17.9 Å². The van der Waals surface area contributed by atoms with Gasteiger partial charge in [0, 0.05) is 0 Å². The first-order chi connectivity index (χ1) is 13.0. The van der Waals surface area contributed by atoms with Crippen LogP contribution < -0.4 is 0 Å². The van der Waals surface area contributed by atoms with Gasteiger partial charge in [-0.3, -0.25) is 9.59 Å². The van der Waals surface area contributed by atoms with Crippen molar-refractivity contribution in [3.05, 3.63) is 47.5 Å². The predicted octanol–water partition coefficient (Wildman–Crippen LogP) is 3.61. The number of carbonyl (C=O) groups excluding carboxylic acids is 3. The minimum atomic E-state index is -1.53. The fourth-order valence-corrected chi connectivity index (χ4v) is 3.07. The van der Waals surface area contributed by atoms with E-state index in [-0.39, 0.29) is 18.3 Å². The van der Waals surface area contributed by atoms with E-state index >= 15 is 0 Å². The van der Waals surface area contributed by atoms with E-state index in [1.807, 2.05) is 26.8 Å². The fourth-order valence-electron chi connectivity index (χ4n) is 3.07. The Hall–Kier alpha value is -2.63. The van der Waals surface area contributed by atoms with Crippen molar-refractivity contribution in [2.45, 2.75) is 45.4 Å². The molecule has 0 bridgehead atoms. The van der Waals surface area contributed by atoms with Crippen LogP contribution >= 0.6 is 0 Å². The summed E-state index contributed by atoms with van der Waals surface area (Å²) in [7, 11) is 3.78. The number of allylic oxidation sites excluding steroid dienone is 1. The third-order valence-electron chi connectivity index (χ3n) is 4.71. The minimum Gasteiger partial charge on any atom is -0.468 e. The zero-order chi connectivity index (χ0) is 21.5. The smallest absolute Gasteiger partial charge is 0.337 e. The van der Waals surface area contributed by atoms with Crippen molar-refractivity contribution < 1.29 is 28.6 Å². The fraction of sp³-hybridized carbons (Fsp3) is 0.500. The topological polar surface area (TPSA) is 78.9 Å². The van der Waals surface area contributed by atoms with Gasteiger partial charge in [0.2, 0.25) is 0 Å². The lowest BCUT2D eigenvalue weighted by Gasteiger charge is -2.29. The molecule has 1 aromatic rings. The summed E-state index contributed by atoms with van der Waals surface area (Å²) in [4.78, 5) is 37.4. The molecule has 0 saturated heterocycles. The van der Waals surface area contributed by atoms with Crippen LogP contribution in [0.5, 0.6) is 0 Å². The number of ether oxygens (including phenoxy) is 3. The third kappa shape index (κ3) is 5.21. The zero-order valence-electron chi connectivity index (χ0n) is 17.6. The molecule has 0 fully saturated rings. The van der Waals surface area contributed by atoms with Crippen LogP contribution in [0.1, 0.15) is 55.1 Å². The van der Waals surface area contributed by atoms with E-state index in [4.69, 9.17) is 14.2 Å². The van der Waals surface area contributed by atoms with Crippen LogP contribution in [0, 0.1) is 5.41 Å². The van der Waals surface area contributed by atoms with Gasteiger partial charge in [-0.2, -0.15) is 0 Å². The van der Waals surface area contributed by atoms with Crippen molar-refractivity contribution in [3.63, 3.8) is 0 Å². The molecule has 0 unspecified atom stereocenters. The molecule has 0 spiro atoms. The molecule has 0 aliphatic rings. The molecule has 154 valence electrons. The Morgan fingerprint density at radius 2 is 1.54 bits per heavy atom. The molecule has 0 heterocycles. The maximum atomic E-state index is 12.7. The Bertz CT molecular complexity index is 726. The first kappa shape index (κ1) is 23.4.